The van der Waals surface area contributed by atoms with Crippen LogP contribution in [-0.4, -0.2) is 17.1 Å². The van der Waals surface area contributed by atoms with Gasteiger partial charge in [-0.05, 0) is 46.7 Å². The quantitative estimate of drug-likeness (QED) is 0.606. The van der Waals surface area contributed by atoms with Gasteiger partial charge >= 0.3 is 0 Å². The number of nitrogens with zero attached hydrogens (tertiary/aromatic N) is 2. The molecule has 4 nitrogen and oxygen atoms in total. The van der Waals surface area contributed by atoms with Crippen molar-refractivity contribution < 1.29 is 4.74 Å². The lowest BCUT2D eigenvalue weighted by atomic mass is 10.1. The molecule has 0 radical (unpaired) electrons. The van der Waals surface area contributed by atoms with E-state index in [1.165, 1.54) is 16.3 Å². The van der Waals surface area contributed by atoms with Crippen molar-refractivity contribution in [3.05, 3.63) is 72.4 Å². The summed E-state index contributed by atoms with van der Waals surface area (Å²) in [7, 11) is 1.68. The van der Waals surface area contributed by atoms with Crippen LogP contribution in [0.1, 0.15) is 5.56 Å². The van der Waals surface area contributed by atoms with E-state index in [2.05, 4.69) is 39.6 Å². The lowest BCUT2D eigenvalue weighted by Gasteiger charge is -2.08. The highest BCUT2D eigenvalue weighted by Gasteiger charge is 2.01. The third-order valence-corrected chi connectivity index (χ3v) is 4.03. The zero-order chi connectivity index (χ0) is 16.4. The van der Waals surface area contributed by atoms with Crippen LogP contribution in [0.3, 0.4) is 0 Å². The Bertz CT molecular complexity index is 1010. The van der Waals surface area contributed by atoms with Gasteiger partial charge in [0.25, 0.3) is 0 Å². The number of methoxy groups -OCH3 is 1. The summed E-state index contributed by atoms with van der Waals surface area (Å²) in [5.41, 5.74) is 3.00. The van der Waals surface area contributed by atoms with E-state index in [0.717, 1.165) is 22.6 Å². The van der Waals surface area contributed by atoms with Gasteiger partial charge in [-0.3, -0.25) is 4.98 Å². The second-order valence-electron chi connectivity index (χ2n) is 5.64. The molecule has 24 heavy (non-hydrogen) atoms. The van der Waals surface area contributed by atoms with E-state index in [9.17, 15) is 0 Å². The average Bonchev–Trinajstić information content (AvgIpc) is 2.65. The molecule has 0 fully saturated rings. The summed E-state index contributed by atoms with van der Waals surface area (Å²) in [6.07, 6.45) is 1.77. The Morgan fingerprint density at radius 3 is 2.58 bits per heavy atom. The van der Waals surface area contributed by atoms with Crippen LogP contribution in [0.4, 0.5) is 5.82 Å². The van der Waals surface area contributed by atoms with Gasteiger partial charge in [-0.2, -0.15) is 0 Å². The van der Waals surface area contributed by atoms with Crippen molar-refractivity contribution in [3.63, 3.8) is 0 Å². The number of benzene rings is 3. The van der Waals surface area contributed by atoms with Crippen LogP contribution in [0.5, 0.6) is 5.75 Å². The first-order chi connectivity index (χ1) is 11.8. The maximum absolute atomic E-state index is 5.27. The fourth-order valence-corrected chi connectivity index (χ4v) is 2.75. The van der Waals surface area contributed by atoms with Gasteiger partial charge in [0.2, 0.25) is 0 Å². The van der Waals surface area contributed by atoms with E-state index in [0.29, 0.717) is 6.54 Å². The summed E-state index contributed by atoms with van der Waals surface area (Å²) in [6.45, 7) is 0.703. The van der Waals surface area contributed by atoms with Crippen LogP contribution in [0.15, 0.2) is 66.9 Å². The molecule has 4 heteroatoms. The van der Waals surface area contributed by atoms with Gasteiger partial charge in [0.1, 0.15) is 11.6 Å². The van der Waals surface area contributed by atoms with Crippen molar-refractivity contribution >= 4 is 27.6 Å². The average molecular weight is 315 g/mol. The zero-order valence-electron chi connectivity index (χ0n) is 13.4. The molecule has 0 spiro atoms. The lowest BCUT2D eigenvalue weighted by Crippen LogP contribution is -2.02. The van der Waals surface area contributed by atoms with E-state index in [4.69, 9.17) is 4.74 Å². The van der Waals surface area contributed by atoms with Crippen LogP contribution in [0.25, 0.3) is 21.8 Å². The molecule has 1 aromatic heterocycles. The number of nitrogens with one attached hydrogen (secondary N) is 1. The summed E-state index contributed by atoms with van der Waals surface area (Å²) in [6, 6.07) is 20.4. The van der Waals surface area contributed by atoms with E-state index in [1.807, 2.05) is 36.4 Å². The number of aromatic nitrogens is 2. The van der Waals surface area contributed by atoms with Crippen molar-refractivity contribution in [3.8, 4) is 5.75 Å². The molecule has 0 saturated heterocycles. The molecule has 0 aliphatic rings. The minimum absolute atomic E-state index is 0.703. The van der Waals surface area contributed by atoms with Crippen LogP contribution in [0, 0.1) is 0 Å². The van der Waals surface area contributed by atoms with Crippen molar-refractivity contribution in [2.24, 2.45) is 0 Å². The number of hydrogen-bond acceptors (Lipinski definition) is 4. The number of fused-ring (bicyclic) bond motifs is 2. The summed E-state index contributed by atoms with van der Waals surface area (Å²) >= 11 is 0. The summed E-state index contributed by atoms with van der Waals surface area (Å²) in [5.74, 6) is 1.66. The lowest BCUT2D eigenvalue weighted by molar-refractivity contribution is 0.415. The highest BCUT2D eigenvalue weighted by Crippen LogP contribution is 2.22. The predicted octanol–water partition coefficient (Wildman–Crippen LogP) is 4.40. The van der Waals surface area contributed by atoms with Gasteiger partial charge in [0, 0.05) is 6.54 Å². The van der Waals surface area contributed by atoms with Gasteiger partial charge in [0.15, 0.2) is 0 Å². The van der Waals surface area contributed by atoms with Gasteiger partial charge in [-0.25, -0.2) is 4.98 Å². The normalized spacial score (nSPS) is 10.9. The number of ether oxygens (including phenoxy) is 1. The zero-order valence-corrected chi connectivity index (χ0v) is 13.4. The van der Waals surface area contributed by atoms with Crippen LogP contribution in [-0.2, 0) is 6.54 Å². The molecular formula is C20H17N3O. The first kappa shape index (κ1) is 14.5. The largest absolute Gasteiger partial charge is 0.497 e. The van der Waals surface area contributed by atoms with Crippen LogP contribution < -0.4 is 10.1 Å². The third-order valence-electron chi connectivity index (χ3n) is 4.03. The third kappa shape index (κ3) is 2.86. The molecule has 4 aromatic rings. The molecule has 0 bridgehead atoms. The van der Waals surface area contributed by atoms with Crippen molar-refractivity contribution in [2.75, 3.05) is 12.4 Å². The number of rotatable bonds is 4. The number of para-hydroxylation sites is 2. The molecule has 118 valence electrons. The molecule has 0 aliphatic carbocycles. The van der Waals surface area contributed by atoms with E-state index >= 15 is 0 Å². The van der Waals surface area contributed by atoms with E-state index < -0.39 is 0 Å². The van der Waals surface area contributed by atoms with Crippen molar-refractivity contribution in [1.29, 1.82) is 0 Å². The first-order valence-electron chi connectivity index (χ1n) is 7.84. The van der Waals surface area contributed by atoms with Crippen LogP contribution >= 0.6 is 0 Å². The van der Waals surface area contributed by atoms with Gasteiger partial charge in [-0.1, -0.05) is 30.3 Å². The Balaban J connectivity index is 1.54. The van der Waals surface area contributed by atoms with Gasteiger partial charge in [-0.15, -0.1) is 0 Å². The smallest absolute Gasteiger partial charge is 0.145 e. The fraction of sp³-hybridized carbons (Fsp3) is 0.100. The molecule has 3 aromatic carbocycles. The highest BCUT2D eigenvalue weighted by molar-refractivity contribution is 5.84. The Kier molecular flexibility index (Phi) is 3.71. The van der Waals surface area contributed by atoms with E-state index in [-0.39, 0.29) is 0 Å². The molecule has 0 amide bonds. The Morgan fingerprint density at radius 2 is 1.71 bits per heavy atom. The molecule has 0 aliphatic heterocycles. The summed E-state index contributed by atoms with van der Waals surface area (Å²) in [5, 5.41) is 5.71. The minimum Gasteiger partial charge on any atom is -0.497 e. The fourth-order valence-electron chi connectivity index (χ4n) is 2.75. The first-order valence-corrected chi connectivity index (χ1v) is 7.84. The van der Waals surface area contributed by atoms with Crippen molar-refractivity contribution in [1.82, 2.24) is 9.97 Å². The SMILES string of the molecule is COc1ccc2cc(CNc3cnc4ccccc4n3)ccc2c1. The van der Waals surface area contributed by atoms with Crippen molar-refractivity contribution in [2.45, 2.75) is 6.54 Å². The Morgan fingerprint density at radius 1 is 0.917 bits per heavy atom. The molecule has 4 rings (SSSR count). The highest BCUT2D eigenvalue weighted by atomic mass is 16.5. The summed E-state index contributed by atoms with van der Waals surface area (Å²) in [4.78, 5) is 9.01. The molecule has 1 heterocycles. The van der Waals surface area contributed by atoms with Crippen LogP contribution in [0.2, 0.25) is 0 Å². The van der Waals surface area contributed by atoms with E-state index in [1.54, 1.807) is 13.3 Å². The Labute approximate surface area is 140 Å². The minimum atomic E-state index is 0.703. The monoisotopic (exact) mass is 315 g/mol. The number of hydrogen-bond donors (Lipinski definition) is 1. The molecule has 0 saturated carbocycles. The summed E-state index contributed by atoms with van der Waals surface area (Å²) < 4.78 is 5.27. The maximum atomic E-state index is 5.27. The maximum Gasteiger partial charge on any atom is 0.145 e. The Hall–Kier alpha value is -3.14. The standard InChI is InChI=1S/C20H17N3O/c1-24-17-9-8-15-10-14(6-7-16(15)11-17)12-22-20-13-21-18-4-2-3-5-19(18)23-20/h2-11,13H,12H2,1H3,(H,22,23). The van der Waals surface area contributed by atoms with Gasteiger partial charge < -0.3 is 10.1 Å². The second-order valence-corrected chi connectivity index (χ2v) is 5.64. The predicted molar refractivity (Wildman–Crippen MR) is 97.4 cm³/mol. The molecule has 1 N–H and O–H groups in total. The molecule has 0 unspecified atom stereocenters. The molecule has 0 atom stereocenters. The number of anilines is 1. The van der Waals surface area contributed by atoms with Gasteiger partial charge in [0.05, 0.1) is 24.3 Å². The topological polar surface area (TPSA) is 47.0 Å². The molecular weight excluding hydrogens is 298 g/mol. The second kappa shape index (κ2) is 6.16.